The molecule has 0 aliphatic carbocycles. The summed E-state index contributed by atoms with van der Waals surface area (Å²) in [6, 6.07) is 0. The Bertz CT molecular complexity index is 835. The number of methoxy groups -OCH3 is 4. The lowest BCUT2D eigenvalue weighted by Gasteiger charge is -2.32. The van der Waals surface area contributed by atoms with Gasteiger partial charge < -0.3 is 47.4 Å². The van der Waals surface area contributed by atoms with Crippen molar-refractivity contribution in [2.75, 3.05) is 112 Å². The Labute approximate surface area is 352 Å². The van der Waals surface area contributed by atoms with Crippen LogP contribution in [0.15, 0.2) is 0 Å². The van der Waals surface area contributed by atoms with Crippen molar-refractivity contribution in [2.24, 2.45) is 10.8 Å². The lowest BCUT2D eigenvalue weighted by molar-refractivity contribution is -0.145. The van der Waals surface area contributed by atoms with Crippen LogP contribution in [0.5, 0.6) is 0 Å². The average Bonchev–Trinajstić information content (AvgIpc) is 3.39. The fourth-order valence-electron chi connectivity index (χ4n) is 3.48. The first-order chi connectivity index (χ1) is 24.1. The Hall–Kier alpha value is 0.240. The number of halogens is 4. The maximum atomic E-state index is 11.6. The van der Waals surface area contributed by atoms with E-state index in [0.717, 1.165) is 43.4 Å². The molecule has 296 valence electrons. The molecule has 2 rings (SSSR count). The van der Waals surface area contributed by atoms with Gasteiger partial charge in [-0.25, -0.2) is 9.59 Å². The van der Waals surface area contributed by atoms with Crippen molar-refractivity contribution in [3.63, 3.8) is 0 Å². The average molecular weight is 1170 g/mol. The molecule has 2 aliphatic rings. The van der Waals surface area contributed by atoms with E-state index in [0.29, 0.717) is 71.9 Å². The lowest BCUT2D eigenvalue weighted by atomic mass is 9.96. The molecule has 0 bridgehead atoms. The molecule has 0 atom stereocenters. The van der Waals surface area contributed by atoms with Crippen LogP contribution in [0.2, 0.25) is 0 Å². The van der Waals surface area contributed by atoms with Crippen LogP contribution in [0, 0.1) is 10.8 Å². The van der Waals surface area contributed by atoms with Crippen LogP contribution in [0.4, 0.5) is 9.59 Å². The van der Waals surface area contributed by atoms with Crippen LogP contribution in [0.1, 0.15) is 51.4 Å². The van der Waals surface area contributed by atoms with E-state index in [1.54, 1.807) is 28.4 Å². The van der Waals surface area contributed by atoms with Crippen molar-refractivity contribution in [3.05, 3.63) is 0 Å². The van der Waals surface area contributed by atoms with Gasteiger partial charge in [0.1, 0.15) is 26.4 Å². The molecule has 0 N–H and O–H groups in total. The molecule has 2 aliphatic heterocycles. The quantitative estimate of drug-likeness (QED) is 0.0413. The van der Waals surface area contributed by atoms with Crippen molar-refractivity contribution in [1.82, 2.24) is 0 Å². The normalized spacial score (nSPS) is 15.0. The van der Waals surface area contributed by atoms with E-state index in [1.165, 1.54) is 0 Å². The third-order valence-corrected chi connectivity index (χ3v) is 13.1. The van der Waals surface area contributed by atoms with E-state index in [2.05, 4.69) is 99.8 Å². The third-order valence-electron chi connectivity index (χ3n) is 6.65. The number of carbonyl (C=O) groups excluding carboxylic acids is 4. The summed E-state index contributed by atoms with van der Waals surface area (Å²) in [5.74, 6) is -0.257. The van der Waals surface area contributed by atoms with Gasteiger partial charge in [0.05, 0.1) is 45.1 Å². The number of unbranched alkanes of at least 4 members (excludes halogenated alkanes) is 2. The minimum Gasteiger partial charge on any atom is -0.466 e. The van der Waals surface area contributed by atoms with Gasteiger partial charge in [0.15, 0.2) is 0 Å². The number of rotatable bonds is 20. The van der Waals surface area contributed by atoms with E-state index in [-0.39, 0.29) is 42.6 Å². The fourth-order valence-corrected chi connectivity index (χ4v) is 8.38. The van der Waals surface area contributed by atoms with Gasteiger partial charge in [-0.1, -0.05) is 90.4 Å². The van der Waals surface area contributed by atoms with Gasteiger partial charge in [0.25, 0.3) is 0 Å². The summed E-state index contributed by atoms with van der Waals surface area (Å²) in [7, 11) is 6.50. The Morgan fingerprint density at radius 3 is 1.82 bits per heavy atom. The smallest absolute Gasteiger partial charge is 0.466 e. The van der Waals surface area contributed by atoms with Gasteiger partial charge in [0, 0.05) is 64.4 Å². The van der Waals surface area contributed by atoms with Gasteiger partial charge in [-0.15, -0.1) is 0 Å². The van der Waals surface area contributed by atoms with Crippen LogP contribution < -0.4 is 0 Å². The molecule has 18 heteroatoms. The minimum atomic E-state index is -0.658. The number of ether oxygens (including phenoxy) is 10. The van der Waals surface area contributed by atoms with E-state index in [9.17, 15) is 19.2 Å². The third kappa shape index (κ3) is 29.7. The molecule has 0 aromatic carbocycles. The van der Waals surface area contributed by atoms with Crippen LogP contribution in [-0.2, 0) is 57.0 Å². The molecule has 2 heterocycles. The largest absolute Gasteiger partial charge is 0.508 e. The molecule has 0 aromatic heterocycles. The zero-order chi connectivity index (χ0) is 37.9. The highest BCUT2D eigenvalue weighted by atomic mass is 127. The number of hydrogen-bond donors (Lipinski definition) is 0. The van der Waals surface area contributed by atoms with Gasteiger partial charge in [-0.3, -0.25) is 9.59 Å². The van der Waals surface area contributed by atoms with Crippen molar-refractivity contribution in [2.45, 2.75) is 51.4 Å². The highest BCUT2D eigenvalue weighted by Gasteiger charge is 2.35. The highest BCUT2D eigenvalue weighted by Crippen LogP contribution is 2.28. The molecular weight excluding hydrogens is 1120 g/mol. The summed E-state index contributed by atoms with van der Waals surface area (Å²) in [5, 5.41) is 0. The van der Waals surface area contributed by atoms with Gasteiger partial charge in [-0.05, 0) is 38.5 Å². The predicted octanol–water partition coefficient (Wildman–Crippen LogP) is 6.78. The van der Waals surface area contributed by atoms with E-state index < -0.39 is 12.3 Å². The first-order valence-electron chi connectivity index (χ1n) is 16.2. The summed E-state index contributed by atoms with van der Waals surface area (Å²) in [4.78, 5) is 44.0. The second-order valence-corrected chi connectivity index (χ2v) is 14.3. The van der Waals surface area contributed by atoms with E-state index >= 15 is 0 Å². The molecule has 50 heavy (non-hydrogen) atoms. The predicted molar refractivity (Wildman–Crippen MR) is 221 cm³/mol. The van der Waals surface area contributed by atoms with Crippen LogP contribution >= 0.6 is 90.4 Å². The number of carbonyl (C=O) groups is 4. The number of cyclic esters (lactones) is 3. The van der Waals surface area contributed by atoms with Crippen LogP contribution in [-0.4, -0.2) is 136 Å². The molecular formula is C32H56I4O14. The monoisotopic (exact) mass is 1170 g/mol. The van der Waals surface area contributed by atoms with E-state index in [1.807, 2.05) is 0 Å². The summed E-state index contributed by atoms with van der Waals surface area (Å²) < 4.78 is 52.5. The maximum absolute atomic E-state index is 11.6. The number of alkyl halides is 4. The highest BCUT2D eigenvalue weighted by molar-refractivity contribution is 14.1. The van der Waals surface area contributed by atoms with Gasteiger partial charge in [-0.2, -0.15) is 0 Å². The summed E-state index contributed by atoms with van der Waals surface area (Å²) in [6.45, 7) is 4.79. The molecule has 2 fully saturated rings. The van der Waals surface area contributed by atoms with Crippen molar-refractivity contribution >= 4 is 115 Å². The standard InChI is InChI=1S/C16H28I2O7.C6H8I2O3.C6H10O2.C4H10O2/c1-21-8-9-23-14(19)6-4-3-5-7-24-15(20)25-13-16(10-17,11-18)12-22-2;7-1-6(2-8)3-10-5(9)11-4-6;7-6-4-2-1-3-5-8-6;1-5-3-4-6-2/h3-13H2,1-2H3;1-4H2;1-5H2;3-4H2,1-2H3. The summed E-state index contributed by atoms with van der Waals surface area (Å²) in [6.07, 6.45) is 5.16. The molecule has 0 spiro atoms. The maximum Gasteiger partial charge on any atom is 0.508 e. The van der Waals surface area contributed by atoms with Crippen LogP contribution in [0.3, 0.4) is 0 Å². The Morgan fingerprint density at radius 2 is 1.28 bits per heavy atom. The zero-order valence-corrected chi connectivity index (χ0v) is 38.4. The second kappa shape index (κ2) is 36.2. The summed E-state index contributed by atoms with van der Waals surface area (Å²) >= 11 is 9.12. The lowest BCUT2D eigenvalue weighted by Crippen LogP contribution is -2.41. The van der Waals surface area contributed by atoms with Gasteiger partial charge >= 0.3 is 24.2 Å². The minimum absolute atomic E-state index is 0.0255. The molecule has 0 radical (unpaired) electrons. The topological polar surface area (TPSA) is 161 Å². The first kappa shape index (κ1) is 52.3. The van der Waals surface area contributed by atoms with Gasteiger partial charge in [0.2, 0.25) is 0 Å². The fraction of sp³-hybridized carbons (Fsp3) is 0.875. The molecule has 14 nitrogen and oxygen atoms in total. The summed E-state index contributed by atoms with van der Waals surface area (Å²) in [5.41, 5.74) is -0.132. The molecule has 0 saturated carbocycles. The van der Waals surface area contributed by atoms with Crippen molar-refractivity contribution in [1.29, 1.82) is 0 Å². The molecule has 2 saturated heterocycles. The first-order valence-corrected chi connectivity index (χ1v) is 22.3. The molecule has 0 aromatic rings. The SMILES string of the molecule is COCCOC.COCCOC(=O)CCCCCOC(=O)OCC(CI)(CI)COC.O=C1CCCCCO1.O=C1OCC(CI)(CI)CO1. The van der Waals surface area contributed by atoms with E-state index in [4.69, 9.17) is 37.9 Å². The van der Waals surface area contributed by atoms with Crippen molar-refractivity contribution in [3.8, 4) is 0 Å². The zero-order valence-electron chi connectivity index (χ0n) is 29.8. The number of esters is 2. The second-order valence-electron chi connectivity index (χ2n) is 11.2. The Kier molecular flexibility index (Phi) is 37.9. The van der Waals surface area contributed by atoms with Crippen LogP contribution in [0.25, 0.3) is 0 Å². The number of hydrogen-bond acceptors (Lipinski definition) is 14. The molecule has 0 unspecified atom stereocenters. The molecule has 0 amide bonds. The van der Waals surface area contributed by atoms with Crippen molar-refractivity contribution < 1.29 is 66.5 Å². The Morgan fingerprint density at radius 1 is 0.680 bits per heavy atom. The Balaban J connectivity index is 0.